The van der Waals surface area contributed by atoms with E-state index in [1.165, 1.54) is 6.07 Å². The molecule has 1 aromatic rings. The molecule has 1 aliphatic rings. The molecule has 0 radical (unpaired) electrons. The van der Waals surface area contributed by atoms with Crippen LogP contribution >= 0.6 is 24.0 Å². The molecule has 0 amide bonds. The summed E-state index contributed by atoms with van der Waals surface area (Å²) in [4.78, 5) is -0.244. The predicted molar refractivity (Wildman–Crippen MR) is 79.2 cm³/mol. The maximum absolute atomic E-state index is 13.2. The van der Waals surface area contributed by atoms with Crippen LogP contribution in [0.4, 0.5) is 4.39 Å². The third-order valence-electron chi connectivity index (χ3n) is 3.31. The molecular formula is C12H17Cl2FN2O2S. The molecule has 0 heterocycles. The van der Waals surface area contributed by atoms with Gasteiger partial charge in [-0.3, -0.25) is 0 Å². The van der Waals surface area contributed by atoms with E-state index in [-0.39, 0.29) is 34.4 Å². The van der Waals surface area contributed by atoms with Gasteiger partial charge in [0.05, 0.1) is 5.02 Å². The largest absolute Gasteiger partial charge is 0.326 e. The summed E-state index contributed by atoms with van der Waals surface area (Å²) in [5.74, 6) is -0.641. The van der Waals surface area contributed by atoms with E-state index >= 15 is 0 Å². The van der Waals surface area contributed by atoms with Crippen LogP contribution in [0.5, 0.6) is 0 Å². The van der Waals surface area contributed by atoms with E-state index in [1.54, 1.807) is 0 Å². The van der Waals surface area contributed by atoms with Crippen molar-refractivity contribution in [3.8, 4) is 0 Å². The lowest BCUT2D eigenvalue weighted by Gasteiger charge is -2.29. The fourth-order valence-electron chi connectivity index (χ4n) is 2.25. The van der Waals surface area contributed by atoms with Crippen molar-refractivity contribution in [1.82, 2.24) is 4.72 Å². The maximum Gasteiger partial charge on any atom is 0.242 e. The zero-order chi connectivity index (χ0) is 14.0. The highest BCUT2D eigenvalue weighted by Gasteiger charge is 2.28. The van der Waals surface area contributed by atoms with Crippen molar-refractivity contribution in [2.24, 2.45) is 5.73 Å². The maximum atomic E-state index is 13.2. The van der Waals surface area contributed by atoms with Crippen molar-refractivity contribution in [3.63, 3.8) is 0 Å². The molecular weight excluding hydrogens is 326 g/mol. The Labute approximate surface area is 129 Å². The van der Waals surface area contributed by atoms with Crippen LogP contribution in [0, 0.1) is 5.82 Å². The summed E-state index contributed by atoms with van der Waals surface area (Å²) in [5.41, 5.74) is 5.90. The third kappa shape index (κ3) is 4.05. The topological polar surface area (TPSA) is 72.2 Å². The van der Waals surface area contributed by atoms with Gasteiger partial charge in [-0.05, 0) is 31.0 Å². The summed E-state index contributed by atoms with van der Waals surface area (Å²) in [6.07, 6.45) is 3.40. The van der Waals surface area contributed by atoms with E-state index in [1.807, 2.05) is 0 Å². The van der Waals surface area contributed by atoms with E-state index in [4.69, 9.17) is 17.3 Å². The highest BCUT2D eigenvalue weighted by molar-refractivity contribution is 7.89. The van der Waals surface area contributed by atoms with Gasteiger partial charge in [-0.1, -0.05) is 24.4 Å². The van der Waals surface area contributed by atoms with Gasteiger partial charge >= 0.3 is 0 Å². The molecule has 1 fully saturated rings. The summed E-state index contributed by atoms with van der Waals surface area (Å²) >= 11 is 5.82. The number of benzene rings is 1. The van der Waals surface area contributed by atoms with Gasteiger partial charge in [0.1, 0.15) is 10.7 Å². The van der Waals surface area contributed by atoms with Gasteiger partial charge in [0.2, 0.25) is 10.0 Å². The fraction of sp³-hybridized carbons (Fsp3) is 0.500. The number of halogens is 3. The van der Waals surface area contributed by atoms with Gasteiger partial charge in [0, 0.05) is 12.1 Å². The molecule has 0 saturated heterocycles. The monoisotopic (exact) mass is 342 g/mol. The zero-order valence-electron chi connectivity index (χ0n) is 10.7. The Morgan fingerprint density at radius 1 is 1.30 bits per heavy atom. The highest BCUT2D eigenvalue weighted by Crippen LogP contribution is 2.24. The molecule has 4 nitrogen and oxygen atoms in total. The summed E-state index contributed by atoms with van der Waals surface area (Å²) in [6.45, 7) is 0. The van der Waals surface area contributed by atoms with Crippen molar-refractivity contribution >= 4 is 34.0 Å². The molecule has 1 aliphatic carbocycles. The van der Waals surface area contributed by atoms with Crippen LogP contribution in [-0.2, 0) is 10.0 Å². The van der Waals surface area contributed by atoms with Gasteiger partial charge in [0.15, 0.2) is 0 Å². The summed E-state index contributed by atoms with van der Waals surface area (Å²) in [5, 5.41) is -0.00159. The second-order valence-corrected chi connectivity index (χ2v) is 6.84. The molecule has 20 heavy (non-hydrogen) atoms. The van der Waals surface area contributed by atoms with Gasteiger partial charge in [-0.2, -0.15) is 0 Å². The first-order chi connectivity index (χ1) is 8.90. The van der Waals surface area contributed by atoms with Crippen molar-refractivity contribution in [2.75, 3.05) is 0 Å². The van der Waals surface area contributed by atoms with Crippen molar-refractivity contribution in [1.29, 1.82) is 0 Å². The molecule has 0 aliphatic heterocycles. The van der Waals surface area contributed by atoms with E-state index in [0.29, 0.717) is 6.42 Å². The lowest BCUT2D eigenvalue weighted by Crippen LogP contribution is -2.49. The van der Waals surface area contributed by atoms with Crippen LogP contribution in [-0.4, -0.2) is 20.5 Å². The normalized spacial score (nSPS) is 23.1. The second kappa shape index (κ2) is 7.04. The predicted octanol–water partition coefficient (Wildman–Crippen LogP) is 2.45. The number of nitrogens with two attached hydrogens (primary N) is 1. The minimum absolute atomic E-state index is 0. The van der Waals surface area contributed by atoms with E-state index < -0.39 is 15.8 Å². The standard InChI is InChI=1S/C12H16ClFN2O2S.ClH/c13-9-6-5-8(14)7-12(9)19(17,18)16-11-4-2-1-3-10(11)15;/h5-7,10-11,16H,1-4,15H2;1H/t10-,11-;/m1./s1. The number of sulfonamides is 1. The highest BCUT2D eigenvalue weighted by atomic mass is 35.5. The molecule has 0 aromatic heterocycles. The second-order valence-electron chi connectivity index (χ2n) is 4.75. The third-order valence-corrected chi connectivity index (χ3v) is 5.28. The van der Waals surface area contributed by atoms with Crippen LogP contribution in [0.2, 0.25) is 5.02 Å². The van der Waals surface area contributed by atoms with E-state index in [9.17, 15) is 12.8 Å². The van der Waals surface area contributed by atoms with Crippen LogP contribution in [0.25, 0.3) is 0 Å². The average molecular weight is 343 g/mol. The SMILES string of the molecule is Cl.N[C@@H]1CCCC[C@H]1NS(=O)(=O)c1cc(F)ccc1Cl. The Morgan fingerprint density at radius 2 is 1.95 bits per heavy atom. The van der Waals surface area contributed by atoms with Crippen LogP contribution < -0.4 is 10.5 Å². The summed E-state index contributed by atoms with van der Waals surface area (Å²) in [7, 11) is -3.85. The van der Waals surface area contributed by atoms with Crippen LogP contribution in [0.1, 0.15) is 25.7 Å². The number of hydrogen-bond donors (Lipinski definition) is 2. The first kappa shape index (κ1) is 17.7. The minimum atomic E-state index is -3.85. The Bertz CT molecular complexity index is 569. The summed E-state index contributed by atoms with van der Waals surface area (Å²) < 4.78 is 40.1. The van der Waals surface area contributed by atoms with E-state index in [0.717, 1.165) is 31.4 Å². The first-order valence-electron chi connectivity index (χ1n) is 6.13. The van der Waals surface area contributed by atoms with Gasteiger partial charge in [-0.15, -0.1) is 12.4 Å². The van der Waals surface area contributed by atoms with Crippen LogP contribution in [0.15, 0.2) is 23.1 Å². The molecule has 0 bridgehead atoms. The number of rotatable bonds is 3. The average Bonchev–Trinajstić information content (AvgIpc) is 2.35. The Kier molecular flexibility index (Phi) is 6.22. The van der Waals surface area contributed by atoms with Crippen molar-refractivity contribution in [2.45, 2.75) is 42.7 Å². The summed E-state index contributed by atoms with van der Waals surface area (Å²) in [6, 6.07) is 2.73. The van der Waals surface area contributed by atoms with Crippen molar-refractivity contribution < 1.29 is 12.8 Å². The molecule has 8 heteroatoms. The molecule has 114 valence electrons. The smallest absolute Gasteiger partial charge is 0.242 e. The molecule has 0 spiro atoms. The molecule has 1 aromatic carbocycles. The molecule has 0 unspecified atom stereocenters. The molecule has 3 N–H and O–H groups in total. The van der Waals surface area contributed by atoms with E-state index in [2.05, 4.69) is 4.72 Å². The number of nitrogens with one attached hydrogen (secondary N) is 1. The molecule has 2 rings (SSSR count). The lowest BCUT2D eigenvalue weighted by molar-refractivity contribution is 0.361. The minimum Gasteiger partial charge on any atom is -0.326 e. The zero-order valence-corrected chi connectivity index (χ0v) is 13.1. The van der Waals surface area contributed by atoms with Gasteiger partial charge in [-0.25, -0.2) is 17.5 Å². The Morgan fingerprint density at radius 3 is 2.60 bits per heavy atom. The number of hydrogen-bond acceptors (Lipinski definition) is 3. The fourth-order valence-corrected chi connectivity index (χ4v) is 4.08. The first-order valence-corrected chi connectivity index (χ1v) is 7.99. The Hall–Kier alpha value is -0.400. The molecule has 1 saturated carbocycles. The van der Waals surface area contributed by atoms with Gasteiger partial charge in [0.25, 0.3) is 0 Å². The Balaban J connectivity index is 0.00000200. The molecule has 2 atom stereocenters. The van der Waals surface area contributed by atoms with Gasteiger partial charge < -0.3 is 5.73 Å². The van der Waals surface area contributed by atoms with Crippen molar-refractivity contribution in [3.05, 3.63) is 29.0 Å². The quantitative estimate of drug-likeness (QED) is 0.886. The van der Waals surface area contributed by atoms with Crippen LogP contribution in [0.3, 0.4) is 0 Å². The lowest BCUT2D eigenvalue weighted by atomic mass is 9.92.